The Bertz CT molecular complexity index is 479. The third-order valence-corrected chi connectivity index (χ3v) is 3.61. The topological polar surface area (TPSA) is 93.5 Å². The lowest BCUT2D eigenvalue weighted by molar-refractivity contribution is -0.121. The Morgan fingerprint density at radius 1 is 1.32 bits per heavy atom. The molecule has 1 aromatic rings. The van der Waals surface area contributed by atoms with Gasteiger partial charge in [0.1, 0.15) is 5.75 Å². The Morgan fingerprint density at radius 3 is 2.59 bits per heavy atom. The van der Waals surface area contributed by atoms with Crippen LogP contribution in [0.2, 0.25) is 0 Å². The summed E-state index contributed by atoms with van der Waals surface area (Å²) in [6, 6.07) is 6.47. The van der Waals surface area contributed by atoms with Crippen LogP contribution in [0.25, 0.3) is 0 Å². The fourth-order valence-corrected chi connectivity index (χ4v) is 2.12. The first kappa shape index (κ1) is 18.3. The molecule has 122 valence electrons. The predicted molar refractivity (Wildman–Crippen MR) is 90.2 cm³/mol. The Morgan fingerprint density at radius 2 is 2.00 bits per heavy atom. The summed E-state index contributed by atoms with van der Waals surface area (Å²) in [7, 11) is 1.59. The van der Waals surface area contributed by atoms with Crippen molar-refractivity contribution in [2.75, 3.05) is 31.0 Å². The third kappa shape index (κ3) is 6.82. The van der Waals surface area contributed by atoms with Crippen molar-refractivity contribution >= 4 is 29.3 Å². The van der Waals surface area contributed by atoms with Crippen LogP contribution >= 0.6 is 11.8 Å². The molecule has 0 aliphatic carbocycles. The summed E-state index contributed by atoms with van der Waals surface area (Å²) in [5, 5.41) is 5.30. The van der Waals surface area contributed by atoms with E-state index in [9.17, 15) is 9.59 Å². The molecule has 1 atom stereocenters. The fraction of sp³-hybridized carbons (Fsp3) is 0.467. The van der Waals surface area contributed by atoms with Crippen LogP contribution in [0.3, 0.4) is 0 Å². The SMILES string of the molecule is CNC(=O)CCOc1ccc(NC(=O)[C@@H](N)CCSC)cc1. The maximum absolute atomic E-state index is 11.9. The van der Waals surface area contributed by atoms with E-state index in [1.807, 2.05) is 6.26 Å². The van der Waals surface area contributed by atoms with Crippen molar-refractivity contribution in [3.05, 3.63) is 24.3 Å². The summed E-state index contributed by atoms with van der Waals surface area (Å²) < 4.78 is 5.44. The monoisotopic (exact) mass is 325 g/mol. The number of carbonyl (C=O) groups excluding carboxylic acids is 2. The minimum Gasteiger partial charge on any atom is -0.493 e. The van der Waals surface area contributed by atoms with Crippen molar-refractivity contribution < 1.29 is 14.3 Å². The molecule has 0 heterocycles. The van der Waals surface area contributed by atoms with Crippen molar-refractivity contribution in [1.82, 2.24) is 5.32 Å². The number of thioether (sulfide) groups is 1. The van der Waals surface area contributed by atoms with Crippen LogP contribution in [0.5, 0.6) is 5.75 Å². The van der Waals surface area contributed by atoms with E-state index in [0.717, 1.165) is 5.75 Å². The van der Waals surface area contributed by atoms with Gasteiger partial charge in [-0.2, -0.15) is 11.8 Å². The van der Waals surface area contributed by atoms with Crippen LogP contribution in [0.4, 0.5) is 5.69 Å². The lowest BCUT2D eigenvalue weighted by atomic mass is 10.2. The summed E-state index contributed by atoms with van der Waals surface area (Å²) in [5.74, 6) is 1.24. The number of nitrogens with two attached hydrogens (primary N) is 1. The summed E-state index contributed by atoms with van der Waals surface area (Å²) >= 11 is 1.66. The molecular formula is C15H23N3O3S. The quantitative estimate of drug-likeness (QED) is 0.635. The standard InChI is InChI=1S/C15H23N3O3S/c1-17-14(19)7-9-21-12-5-3-11(4-6-12)18-15(20)13(16)8-10-22-2/h3-6,13H,7-10,16H2,1-2H3,(H,17,19)(H,18,20)/t13-/m0/s1. The molecule has 2 amide bonds. The van der Waals surface area contributed by atoms with Gasteiger partial charge in [0.05, 0.1) is 19.1 Å². The van der Waals surface area contributed by atoms with Gasteiger partial charge in [0.2, 0.25) is 11.8 Å². The zero-order chi connectivity index (χ0) is 16.4. The van der Waals surface area contributed by atoms with Gasteiger partial charge >= 0.3 is 0 Å². The molecule has 0 radical (unpaired) electrons. The molecule has 0 unspecified atom stereocenters. The van der Waals surface area contributed by atoms with Gasteiger partial charge in [0.15, 0.2) is 0 Å². The molecule has 0 saturated carbocycles. The van der Waals surface area contributed by atoms with Crippen molar-refractivity contribution in [1.29, 1.82) is 0 Å². The first-order valence-corrected chi connectivity index (χ1v) is 8.45. The average Bonchev–Trinajstić information content (AvgIpc) is 2.53. The summed E-state index contributed by atoms with van der Waals surface area (Å²) in [5.41, 5.74) is 6.47. The molecule has 0 spiro atoms. The van der Waals surface area contributed by atoms with E-state index in [4.69, 9.17) is 10.5 Å². The molecule has 0 fully saturated rings. The van der Waals surface area contributed by atoms with E-state index in [1.165, 1.54) is 0 Å². The van der Waals surface area contributed by atoms with Gasteiger partial charge < -0.3 is 21.1 Å². The smallest absolute Gasteiger partial charge is 0.241 e. The van der Waals surface area contributed by atoms with Crippen LogP contribution in [-0.4, -0.2) is 43.5 Å². The van der Waals surface area contributed by atoms with E-state index in [0.29, 0.717) is 30.9 Å². The number of nitrogens with one attached hydrogen (secondary N) is 2. The summed E-state index contributed by atoms with van der Waals surface area (Å²) in [6.07, 6.45) is 2.93. The number of benzene rings is 1. The Kier molecular flexibility index (Phi) is 8.39. The highest BCUT2D eigenvalue weighted by atomic mass is 32.2. The first-order chi connectivity index (χ1) is 10.6. The number of amides is 2. The Hall–Kier alpha value is -1.73. The van der Waals surface area contributed by atoms with Gasteiger partial charge in [-0.3, -0.25) is 9.59 Å². The molecule has 0 aliphatic rings. The average molecular weight is 325 g/mol. The Labute approximate surface area is 135 Å². The number of anilines is 1. The predicted octanol–water partition coefficient (Wildman–Crippen LogP) is 1.22. The molecule has 1 aromatic carbocycles. The molecule has 4 N–H and O–H groups in total. The fourth-order valence-electron chi connectivity index (χ4n) is 1.63. The van der Waals surface area contributed by atoms with E-state index >= 15 is 0 Å². The van der Waals surface area contributed by atoms with Gasteiger partial charge in [0, 0.05) is 12.7 Å². The van der Waals surface area contributed by atoms with Crippen molar-refractivity contribution in [2.45, 2.75) is 18.9 Å². The van der Waals surface area contributed by atoms with E-state index in [2.05, 4.69) is 10.6 Å². The normalized spacial score (nSPS) is 11.6. The van der Waals surface area contributed by atoms with Gasteiger partial charge in [-0.05, 0) is 42.7 Å². The van der Waals surface area contributed by atoms with E-state index < -0.39 is 6.04 Å². The van der Waals surface area contributed by atoms with E-state index in [-0.39, 0.29) is 11.8 Å². The maximum atomic E-state index is 11.9. The number of hydrogen-bond acceptors (Lipinski definition) is 5. The summed E-state index contributed by atoms with van der Waals surface area (Å²) in [4.78, 5) is 22.9. The van der Waals surface area contributed by atoms with Crippen LogP contribution in [0, 0.1) is 0 Å². The molecule has 22 heavy (non-hydrogen) atoms. The third-order valence-electron chi connectivity index (χ3n) is 2.97. The van der Waals surface area contributed by atoms with Crippen LogP contribution in [0.1, 0.15) is 12.8 Å². The highest BCUT2D eigenvalue weighted by Crippen LogP contribution is 2.16. The van der Waals surface area contributed by atoms with Gasteiger partial charge in [-0.15, -0.1) is 0 Å². The molecular weight excluding hydrogens is 302 g/mol. The second-order valence-electron chi connectivity index (χ2n) is 4.67. The molecule has 0 aliphatic heterocycles. The van der Waals surface area contributed by atoms with Gasteiger partial charge in [-0.1, -0.05) is 0 Å². The van der Waals surface area contributed by atoms with Crippen LogP contribution in [-0.2, 0) is 9.59 Å². The lowest BCUT2D eigenvalue weighted by Gasteiger charge is -2.12. The van der Waals surface area contributed by atoms with Gasteiger partial charge in [0.25, 0.3) is 0 Å². The molecule has 1 rings (SSSR count). The highest BCUT2D eigenvalue weighted by molar-refractivity contribution is 7.98. The van der Waals surface area contributed by atoms with Crippen molar-refractivity contribution in [3.63, 3.8) is 0 Å². The zero-order valence-electron chi connectivity index (χ0n) is 12.9. The molecule has 0 aromatic heterocycles. The number of ether oxygens (including phenoxy) is 1. The Balaban J connectivity index is 2.41. The molecule has 7 heteroatoms. The van der Waals surface area contributed by atoms with Crippen molar-refractivity contribution in [3.8, 4) is 5.75 Å². The second-order valence-corrected chi connectivity index (χ2v) is 5.66. The van der Waals surface area contributed by atoms with E-state index in [1.54, 1.807) is 43.1 Å². The van der Waals surface area contributed by atoms with Crippen LogP contribution < -0.4 is 21.1 Å². The lowest BCUT2D eigenvalue weighted by Crippen LogP contribution is -2.36. The van der Waals surface area contributed by atoms with Gasteiger partial charge in [-0.25, -0.2) is 0 Å². The molecule has 6 nitrogen and oxygen atoms in total. The summed E-state index contributed by atoms with van der Waals surface area (Å²) in [6.45, 7) is 0.310. The number of carbonyl (C=O) groups is 2. The molecule has 0 saturated heterocycles. The first-order valence-electron chi connectivity index (χ1n) is 7.05. The molecule has 0 bridgehead atoms. The maximum Gasteiger partial charge on any atom is 0.241 e. The van der Waals surface area contributed by atoms with Crippen LogP contribution in [0.15, 0.2) is 24.3 Å². The second kappa shape index (κ2) is 10.1. The minimum atomic E-state index is -0.504. The number of rotatable bonds is 9. The number of hydrogen-bond donors (Lipinski definition) is 3. The minimum absolute atomic E-state index is 0.0666. The van der Waals surface area contributed by atoms with Crippen molar-refractivity contribution in [2.24, 2.45) is 5.73 Å². The largest absolute Gasteiger partial charge is 0.493 e. The zero-order valence-corrected chi connectivity index (χ0v) is 13.7. The highest BCUT2D eigenvalue weighted by Gasteiger charge is 2.12.